The molecule has 2 aromatic carbocycles. The fourth-order valence-electron chi connectivity index (χ4n) is 2.03. The lowest BCUT2D eigenvalue weighted by Gasteiger charge is -2.16. The molecule has 1 N–H and O–H groups in total. The smallest absolute Gasteiger partial charge is 0.207 e. The molecule has 6 heteroatoms. The van der Waals surface area contributed by atoms with Gasteiger partial charge in [-0.3, -0.25) is 0 Å². The molecule has 1 atom stereocenters. The Hall–Kier alpha value is -1.43. The number of hydrogen-bond acceptors (Lipinski definition) is 2. The summed E-state index contributed by atoms with van der Waals surface area (Å²) in [6.45, 7) is 3.39. The molecule has 2 rings (SSSR count). The Morgan fingerprint density at radius 2 is 1.76 bits per heavy atom. The maximum Gasteiger partial charge on any atom is 0.241 e. The van der Waals surface area contributed by atoms with Gasteiger partial charge in [-0.05, 0) is 55.3 Å². The van der Waals surface area contributed by atoms with E-state index in [-0.39, 0.29) is 10.7 Å². The average molecular weight is 328 g/mol. The summed E-state index contributed by atoms with van der Waals surface area (Å²) in [5.41, 5.74) is 1.26. The van der Waals surface area contributed by atoms with Crippen LogP contribution in [0.4, 0.5) is 4.39 Å². The van der Waals surface area contributed by atoms with Gasteiger partial charge in [0, 0.05) is 11.1 Å². The molecule has 2 aromatic rings. The minimum Gasteiger partial charge on any atom is -0.207 e. The normalized spacial score (nSPS) is 13.1. The van der Waals surface area contributed by atoms with Crippen molar-refractivity contribution in [3.63, 3.8) is 0 Å². The monoisotopic (exact) mass is 327 g/mol. The maximum absolute atomic E-state index is 12.9. The second-order valence-electron chi connectivity index (χ2n) is 4.80. The van der Waals surface area contributed by atoms with Crippen molar-refractivity contribution in [2.24, 2.45) is 0 Å². The fourth-order valence-corrected chi connectivity index (χ4v) is 3.72. The standard InChI is InChI=1S/C15H15ClFNO2S/c1-10-9-13(16)5-8-15(10)21(19,20)18-11(2)12-3-6-14(17)7-4-12/h3-9,11,18H,1-2H3. The Morgan fingerprint density at radius 3 is 2.33 bits per heavy atom. The van der Waals surface area contributed by atoms with Gasteiger partial charge >= 0.3 is 0 Å². The number of sulfonamides is 1. The second-order valence-corrected chi connectivity index (χ2v) is 6.92. The quantitative estimate of drug-likeness (QED) is 0.927. The van der Waals surface area contributed by atoms with Crippen LogP contribution in [0.25, 0.3) is 0 Å². The summed E-state index contributed by atoms with van der Waals surface area (Å²) in [5, 5.41) is 0.484. The van der Waals surface area contributed by atoms with E-state index in [1.54, 1.807) is 32.0 Å². The SMILES string of the molecule is Cc1cc(Cl)ccc1S(=O)(=O)NC(C)c1ccc(F)cc1. The van der Waals surface area contributed by atoms with Crippen molar-refractivity contribution >= 4 is 21.6 Å². The van der Waals surface area contributed by atoms with E-state index >= 15 is 0 Å². The first-order valence-electron chi connectivity index (χ1n) is 6.33. The average Bonchev–Trinajstić information content (AvgIpc) is 2.38. The second kappa shape index (κ2) is 6.13. The molecule has 0 amide bonds. The van der Waals surface area contributed by atoms with Gasteiger partial charge in [-0.25, -0.2) is 17.5 Å². The van der Waals surface area contributed by atoms with E-state index in [1.165, 1.54) is 24.3 Å². The largest absolute Gasteiger partial charge is 0.241 e. The Labute approximate surface area is 128 Å². The van der Waals surface area contributed by atoms with Gasteiger partial charge in [-0.2, -0.15) is 0 Å². The maximum atomic E-state index is 12.9. The molecule has 0 aliphatic heterocycles. The minimum atomic E-state index is -3.67. The third-order valence-electron chi connectivity index (χ3n) is 3.13. The summed E-state index contributed by atoms with van der Waals surface area (Å²) >= 11 is 5.83. The van der Waals surface area contributed by atoms with Crippen molar-refractivity contribution in [1.82, 2.24) is 4.72 Å². The van der Waals surface area contributed by atoms with Crippen molar-refractivity contribution in [2.45, 2.75) is 24.8 Å². The lowest BCUT2D eigenvalue weighted by molar-refractivity contribution is 0.566. The van der Waals surface area contributed by atoms with Crippen LogP contribution in [0, 0.1) is 12.7 Å². The molecule has 3 nitrogen and oxygen atoms in total. The predicted molar refractivity (Wildman–Crippen MR) is 81.3 cm³/mol. The first-order valence-corrected chi connectivity index (χ1v) is 8.19. The van der Waals surface area contributed by atoms with Gasteiger partial charge in [0.15, 0.2) is 0 Å². The Balaban J connectivity index is 2.26. The van der Waals surface area contributed by atoms with Crippen molar-refractivity contribution in [1.29, 1.82) is 0 Å². The van der Waals surface area contributed by atoms with Crippen LogP contribution in [0.5, 0.6) is 0 Å². The third kappa shape index (κ3) is 3.81. The molecular formula is C15H15ClFNO2S. The highest BCUT2D eigenvalue weighted by Crippen LogP contribution is 2.22. The number of benzene rings is 2. The predicted octanol–water partition coefficient (Wildman–Crippen LogP) is 3.83. The highest BCUT2D eigenvalue weighted by molar-refractivity contribution is 7.89. The van der Waals surface area contributed by atoms with Crippen molar-refractivity contribution in [3.05, 3.63) is 64.4 Å². The van der Waals surface area contributed by atoms with Gasteiger partial charge in [0.25, 0.3) is 0 Å². The third-order valence-corrected chi connectivity index (χ3v) is 5.06. The van der Waals surface area contributed by atoms with E-state index in [9.17, 15) is 12.8 Å². The molecule has 0 saturated heterocycles. The van der Waals surface area contributed by atoms with E-state index in [1.807, 2.05) is 0 Å². The van der Waals surface area contributed by atoms with E-state index in [0.717, 1.165) is 0 Å². The van der Waals surface area contributed by atoms with E-state index in [4.69, 9.17) is 11.6 Å². The van der Waals surface area contributed by atoms with Gasteiger partial charge in [-0.15, -0.1) is 0 Å². The van der Waals surface area contributed by atoms with Crippen LogP contribution >= 0.6 is 11.6 Å². The number of nitrogens with one attached hydrogen (secondary N) is 1. The van der Waals surface area contributed by atoms with E-state index in [0.29, 0.717) is 16.1 Å². The Morgan fingerprint density at radius 1 is 1.14 bits per heavy atom. The molecule has 0 saturated carbocycles. The lowest BCUT2D eigenvalue weighted by Crippen LogP contribution is -2.27. The van der Waals surface area contributed by atoms with Crippen molar-refractivity contribution in [2.75, 3.05) is 0 Å². The minimum absolute atomic E-state index is 0.181. The molecule has 0 aliphatic rings. The molecule has 1 unspecified atom stereocenters. The molecular weight excluding hydrogens is 313 g/mol. The molecule has 0 spiro atoms. The number of aryl methyl sites for hydroxylation is 1. The highest BCUT2D eigenvalue weighted by Gasteiger charge is 2.20. The number of halogens is 2. The van der Waals surface area contributed by atoms with Crippen LogP contribution in [-0.4, -0.2) is 8.42 Å². The lowest BCUT2D eigenvalue weighted by atomic mass is 10.1. The van der Waals surface area contributed by atoms with Crippen LogP contribution in [0.2, 0.25) is 5.02 Å². The Kier molecular flexibility index (Phi) is 4.66. The molecule has 0 fully saturated rings. The molecule has 21 heavy (non-hydrogen) atoms. The van der Waals surface area contributed by atoms with Crippen LogP contribution in [0.15, 0.2) is 47.4 Å². The molecule has 0 aromatic heterocycles. The number of hydrogen-bond donors (Lipinski definition) is 1. The van der Waals surface area contributed by atoms with Gasteiger partial charge in [0.05, 0.1) is 4.90 Å². The summed E-state index contributed by atoms with van der Waals surface area (Å²) in [6, 6.07) is 9.84. The van der Waals surface area contributed by atoms with Crippen LogP contribution in [-0.2, 0) is 10.0 Å². The van der Waals surface area contributed by atoms with Crippen molar-refractivity contribution < 1.29 is 12.8 Å². The summed E-state index contributed by atoms with van der Waals surface area (Å²) in [5.74, 6) is -0.359. The van der Waals surface area contributed by atoms with Crippen LogP contribution < -0.4 is 4.72 Å². The van der Waals surface area contributed by atoms with E-state index < -0.39 is 16.1 Å². The van der Waals surface area contributed by atoms with Gasteiger partial charge in [0.2, 0.25) is 10.0 Å². The zero-order valence-corrected chi connectivity index (χ0v) is 13.2. The summed E-state index contributed by atoms with van der Waals surface area (Å²) in [6.07, 6.45) is 0. The van der Waals surface area contributed by atoms with Gasteiger partial charge in [0.1, 0.15) is 5.82 Å². The van der Waals surface area contributed by atoms with Gasteiger partial charge in [-0.1, -0.05) is 23.7 Å². The van der Waals surface area contributed by atoms with E-state index in [2.05, 4.69) is 4.72 Å². The summed E-state index contributed by atoms with van der Waals surface area (Å²) in [4.78, 5) is 0.181. The first-order chi connectivity index (χ1) is 9.79. The zero-order chi connectivity index (χ0) is 15.6. The Bertz CT molecular complexity index is 745. The van der Waals surface area contributed by atoms with Crippen LogP contribution in [0.3, 0.4) is 0 Å². The summed E-state index contributed by atoms with van der Waals surface area (Å²) in [7, 11) is -3.67. The molecule has 0 aliphatic carbocycles. The summed E-state index contributed by atoms with van der Waals surface area (Å²) < 4.78 is 40.2. The molecule has 0 heterocycles. The zero-order valence-electron chi connectivity index (χ0n) is 11.6. The number of rotatable bonds is 4. The first kappa shape index (κ1) is 15.9. The highest BCUT2D eigenvalue weighted by atomic mass is 35.5. The topological polar surface area (TPSA) is 46.2 Å². The van der Waals surface area contributed by atoms with Crippen LogP contribution in [0.1, 0.15) is 24.1 Å². The molecule has 0 radical (unpaired) electrons. The molecule has 0 bridgehead atoms. The fraction of sp³-hybridized carbons (Fsp3) is 0.200. The van der Waals surface area contributed by atoms with Crippen molar-refractivity contribution in [3.8, 4) is 0 Å². The molecule has 112 valence electrons. The van der Waals surface area contributed by atoms with Gasteiger partial charge < -0.3 is 0 Å².